The first kappa shape index (κ1) is 14.9. The Labute approximate surface area is 120 Å². The maximum atomic E-state index is 13.5. The minimum absolute atomic E-state index is 0.0233. The molecule has 0 aliphatic rings. The lowest BCUT2D eigenvalue weighted by Gasteiger charge is -2.07. The highest BCUT2D eigenvalue weighted by Crippen LogP contribution is 2.15. The van der Waals surface area contributed by atoms with Crippen LogP contribution in [-0.2, 0) is 10.0 Å². The van der Waals surface area contributed by atoms with Crippen molar-refractivity contribution < 1.29 is 17.9 Å². The second-order valence-electron chi connectivity index (χ2n) is 3.76. The molecular formula is C13H10FN3O3S. The van der Waals surface area contributed by atoms with E-state index in [4.69, 9.17) is 5.11 Å². The van der Waals surface area contributed by atoms with Crippen LogP contribution in [0.2, 0.25) is 0 Å². The standard InChI is InChI=1S/C13H10FN3O3S/c14-11-6-2-8-15-13(11)21(19,20)17-12-7-1-4-10(16-12)5-3-9-18/h1-2,4,6-8,18H,9H2,(H,16,17). The quantitative estimate of drug-likeness (QED) is 0.817. The molecule has 8 heteroatoms. The number of halogens is 1. The molecule has 0 atom stereocenters. The van der Waals surface area contributed by atoms with Crippen molar-refractivity contribution in [2.75, 3.05) is 11.3 Å². The number of nitrogens with one attached hydrogen (secondary N) is 1. The Morgan fingerprint density at radius 1 is 1.29 bits per heavy atom. The molecule has 6 nitrogen and oxygen atoms in total. The molecule has 0 aromatic carbocycles. The number of sulfonamides is 1. The molecule has 2 heterocycles. The van der Waals surface area contributed by atoms with E-state index in [1.165, 1.54) is 24.4 Å². The molecule has 21 heavy (non-hydrogen) atoms. The fourth-order valence-electron chi connectivity index (χ4n) is 1.45. The lowest BCUT2D eigenvalue weighted by Crippen LogP contribution is -2.17. The number of aromatic nitrogens is 2. The van der Waals surface area contributed by atoms with E-state index in [1.807, 2.05) is 0 Å². The molecule has 0 radical (unpaired) electrons. The van der Waals surface area contributed by atoms with Gasteiger partial charge >= 0.3 is 0 Å². The van der Waals surface area contributed by atoms with Crippen molar-refractivity contribution in [2.24, 2.45) is 0 Å². The van der Waals surface area contributed by atoms with Crippen LogP contribution in [0.15, 0.2) is 41.6 Å². The van der Waals surface area contributed by atoms with Gasteiger partial charge in [0, 0.05) is 6.20 Å². The van der Waals surface area contributed by atoms with Gasteiger partial charge < -0.3 is 5.11 Å². The molecule has 0 saturated heterocycles. The SMILES string of the molecule is O=S(=O)(Nc1cccc(C#CCO)n1)c1ncccc1F. The first-order valence-corrected chi connectivity index (χ1v) is 7.21. The molecule has 0 fully saturated rings. The largest absolute Gasteiger partial charge is 0.384 e. The average molecular weight is 307 g/mol. The van der Waals surface area contributed by atoms with Crippen molar-refractivity contribution in [3.8, 4) is 11.8 Å². The van der Waals surface area contributed by atoms with Gasteiger partial charge in [-0.15, -0.1) is 0 Å². The van der Waals surface area contributed by atoms with E-state index in [0.717, 1.165) is 6.07 Å². The zero-order valence-corrected chi connectivity index (χ0v) is 11.4. The third kappa shape index (κ3) is 3.75. The van der Waals surface area contributed by atoms with Crippen molar-refractivity contribution in [3.63, 3.8) is 0 Å². The maximum absolute atomic E-state index is 13.5. The molecule has 0 unspecified atom stereocenters. The van der Waals surface area contributed by atoms with E-state index in [2.05, 4.69) is 26.5 Å². The Bertz CT molecular complexity index is 813. The van der Waals surface area contributed by atoms with Crippen molar-refractivity contribution in [2.45, 2.75) is 5.03 Å². The smallest absolute Gasteiger partial charge is 0.283 e. The molecule has 0 saturated carbocycles. The van der Waals surface area contributed by atoms with Crippen LogP contribution in [0.1, 0.15) is 5.69 Å². The predicted octanol–water partition coefficient (Wildman–Crippen LogP) is 0.760. The molecule has 0 aliphatic carbocycles. The summed E-state index contributed by atoms with van der Waals surface area (Å²) in [5.41, 5.74) is 0.269. The Morgan fingerprint density at radius 3 is 2.81 bits per heavy atom. The van der Waals surface area contributed by atoms with Crippen LogP contribution in [-0.4, -0.2) is 30.1 Å². The number of nitrogens with zero attached hydrogens (tertiary/aromatic N) is 2. The van der Waals surface area contributed by atoms with Gasteiger partial charge in [0.25, 0.3) is 10.0 Å². The molecule has 108 valence electrons. The molecule has 0 spiro atoms. The van der Waals surface area contributed by atoms with Gasteiger partial charge in [-0.1, -0.05) is 12.0 Å². The molecule has 2 N–H and O–H groups in total. The summed E-state index contributed by atoms with van der Waals surface area (Å²) in [5.74, 6) is 3.94. The summed E-state index contributed by atoms with van der Waals surface area (Å²) in [5, 5.41) is 7.89. The first-order valence-electron chi connectivity index (χ1n) is 5.73. The van der Waals surface area contributed by atoms with Crippen molar-refractivity contribution in [1.82, 2.24) is 9.97 Å². The van der Waals surface area contributed by atoms with E-state index in [-0.39, 0.29) is 18.1 Å². The lowest BCUT2D eigenvalue weighted by atomic mass is 10.3. The van der Waals surface area contributed by atoms with Gasteiger partial charge in [0.05, 0.1) is 0 Å². The molecular weight excluding hydrogens is 297 g/mol. The maximum Gasteiger partial charge on any atom is 0.283 e. The summed E-state index contributed by atoms with van der Waals surface area (Å²) in [7, 11) is -4.18. The number of aliphatic hydroxyl groups is 1. The number of aliphatic hydroxyl groups excluding tert-OH is 1. The van der Waals surface area contributed by atoms with Crippen LogP contribution in [0, 0.1) is 17.7 Å². The Balaban J connectivity index is 2.31. The van der Waals surface area contributed by atoms with Crippen LogP contribution in [0.25, 0.3) is 0 Å². The van der Waals surface area contributed by atoms with Crippen LogP contribution in [0.4, 0.5) is 10.2 Å². The van der Waals surface area contributed by atoms with E-state index >= 15 is 0 Å². The third-order valence-electron chi connectivity index (χ3n) is 2.26. The van der Waals surface area contributed by atoms with Crippen molar-refractivity contribution in [3.05, 3.63) is 48.0 Å². The van der Waals surface area contributed by atoms with Gasteiger partial charge in [-0.3, -0.25) is 4.72 Å². The van der Waals surface area contributed by atoms with Gasteiger partial charge in [0.1, 0.15) is 18.1 Å². The Kier molecular flexibility index (Phi) is 4.47. The fourth-order valence-corrected chi connectivity index (χ4v) is 2.46. The summed E-state index contributed by atoms with van der Waals surface area (Å²) >= 11 is 0. The summed E-state index contributed by atoms with van der Waals surface area (Å²) in [4.78, 5) is 7.43. The Morgan fingerprint density at radius 2 is 2.10 bits per heavy atom. The second kappa shape index (κ2) is 6.30. The monoisotopic (exact) mass is 307 g/mol. The first-order chi connectivity index (χ1) is 10.0. The van der Waals surface area contributed by atoms with Gasteiger partial charge in [0.2, 0.25) is 5.03 Å². The zero-order chi connectivity index (χ0) is 15.3. The minimum Gasteiger partial charge on any atom is -0.384 e. The topological polar surface area (TPSA) is 92.2 Å². The summed E-state index contributed by atoms with van der Waals surface area (Å²) in [6, 6.07) is 6.75. The van der Waals surface area contributed by atoms with Crippen LogP contribution < -0.4 is 4.72 Å². The predicted molar refractivity (Wildman–Crippen MR) is 73.2 cm³/mol. The van der Waals surface area contributed by atoms with Crippen molar-refractivity contribution in [1.29, 1.82) is 0 Å². The zero-order valence-electron chi connectivity index (χ0n) is 10.6. The van der Waals surface area contributed by atoms with E-state index in [0.29, 0.717) is 0 Å². The van der Waals surface area contributed by atoms with Gasteiger partial charge in [-0.2, -0.15) is 8.42 Å². The number of hydrogen-bond donors (Lipinski definition) is 2. The van der Waals surface area contributed by atoms with Crippen LogP contribution in [0.5, 0.6) is 0 Å². The van der Waals surface area contributed by atoms with Crippen LogP contribution in [0.3, 0.4) is 0 Å². The number of pyridine rings is 2. The second-order valence-corrected chi connectivity index (χ2v) is 5.36. The normalized spacial score (nSPS) is 10.6. The van der Waals surface area contributed by atoms with E-state index < -0.39 is 20.9 Å². The third-order valence-corrected chi connectivity index (χ3v) is 3.55. The molecule has 2 aromatic heterocycles. The highest BCUT2D eigenvalue weighted by molar-refractivity contribution is 7.92. The average Bonchev–Trinajstić information content (AvgIpc) is 2.45. The summed E-state index contributed by atoms with van der Waals surface area (Å²) in [6.45, 7) is -0.337. The molecule has 2 rings (SSSR count). The van der Waals surface area contributed by atoms with Crippen molar-refractivity contribution >= 4 is 15.8 Å². The summed E-state index contributed by atoms with van der Waals surface area (Å²) < 4.78 is 39.6. The number of anilines is 1. The van der Waals surface area contributed by atoms with Gasteiger partial charge in [0.15, 0.2) is 5.82 Å². The van der Waals surface area contributed by atoms with Gasteiger partial charge in [-0.05, 0) is 30.2 Å². The summed E-state index contributed by atoms with van der Waals surface area (Å²) in [6.07, 6.45) is 1.17. The molecule has 0 aliphatic heterocycles. The minimum atomic E-state index is -4.18. The lowest BCUT2D eigenvalue weighted by molar-refractivity contribution is 0.350. The highest BCUT2D eigenvalue weighted by Gasteiger charge is 2.20. The molecule has 0 amide bonds. The highest BCUT2D eigenvalue weighted by atomic mass is 32.2. The number of rotatable bonds is 3. The van der Waals surface area contributed by atoms with E-state index in [9.17, 15) is 12.8 Å². The fraction of sp³-hybridized carbons (Fsp3) is 0.0769. The number of hydrogen-bond acceptors (Lipinski definition) is 5. The van der Waals surface area contributed by atoms with Gasteiger partial charge in [-0.25, -0.2) is 14.4 Å². The molecule has 0 bridgehead atoms. The van der Waals surface area contributed by atoms with Crippen LogP contribution >= 0.6 is 0 Å². The van der Waals surface area contributed by atoms with E-state index in [1.54, 1.807) is 6.07 Å². The molecule has 2 aromatic rings. The Hall–Kier alpha value is -2.50.